The van der Waals surface area contributed by atoms with Crippen LogP contribution in [0.15, 0.2) is 48.9 Å². The van der Waals surface area contributed by atoms with E-state index in [1.54, 1.807) is 22.8 Å². The van der Waals surface area contributed by atoms with Gasteiger partial charge < -0.3 is 5.32 Å². The Kier molecular flexibility index (Phi) is 5.31. The van der Waals surface area contributed by atoms with Gasteiger partial charge in [-0.15, -0.1) is 0 Å². The highest BCUT2D eigenvalue weighted by molar-refractivity contribution is 5.94. The van der Waals surface area contributed by atoms with E-state index in [1.165, 1.54) is 12.1 Å². The predicted molar refractivity (Wildman–Crippen MR) is 104 cm³/mol. The third-order valence-corrected chi connectivity index (χ3v) is 5.13. The summed E-state index contributed by atoms with van der Waals surface area (Å²) in [4.78, 5) is 21.4. The lowest BCUT2D eigenvalue weighted by molar-refractivity contribution is -0.121. The zero-order valence-electron chi connectivity index (χ0n) is 15.8. The molecule has 146 valence electrons. The number of piperazine rings is 1. The number of rotatable bonds is 5. The van der Waals surface area contributed by atoms with Gasteiger partial charge in [-0.1, -0.05) is 6.07 Å². The van der Waals surface area contributed by atoms with Gasteiger partial charge in [0.05, 0.1) is 12.2 Å². The largest absolute Gasteiger partial charge is 0.325 e. The standard InChI is InChI=1S/C20H23FN6O/c1-15(20(28)24-18-4-2-3-17(21)11-18)26-9-7-25(8-10-26)13-16-12-22-19-5-6-23-27(19)14-16/h2-6,11-12,14-15H,7-10,13H2,1H3,(H,24,28). The van der Waals surface area contributed by atoms with Crippen molar-refractivity contribution in [3.63, 3.8) is 0 Å². The molecular formula is C20H23FN6O. The Morgan fingerprint density at radius 1 is 1.25 bits per heavy atom. The first-order chi connectivity index (χ1) is 13.6. The molecule has 0 spiro atoms. The molecule has 3 heterocycles. The van der Waals surface area contributed by atoms with Gasteiger partial charge >= 0.3 is 0 Å². The smallest absolute Gasteiger partial charge is 0.241 e. The third kappa shape index (κ3) is 4.18. The molecule has 1 aromatic carbocycles. The van der Waals surface area contributed by atoms with E-state index in [2.05, 4.69) is 25.2 Å². The van der Waals surface area contributed by atoms with Gasteiger partial charge in [0.15, 0.2) is 5.65 Å². The molecule has 2 aromatic heterocycles. The van der Waals surface area contributed by atoms with Crippen LogP contribution in [0.4, 0.5) is 10.1 Å². The Hall–Kier alpha value is -2.84. The molecule has 4 rings (SSSR count). The lowest BCUT2D eigenvalue weighted by Crippen LogP contribution is -2.52. The second-order valence-electron chi connectivity index (χ2n) is 7.08. The van der Waals surface area contributed by atoms with Gasteiger partial charge in [-0.05, 0) is 25.1 Å². The van der Waals surface area contributed by atoms with Crippen molar-refractivity contribution in [3.05, 3.63) is 60.3 Å². The summed E-state index contributed by atoms with van der Waals surface area (Å²) in [6.07, 6.45) is 5.63. The average Bonchev–Trinajstić information content (AvgIpc) is 3.16. The molecule has 7 nitrogen and oxygen atoms in total. The number of halogens is 1. The van der Waals surface area contributed by atoms with Gasteiger partial charge in [0.2, 0.25) is 5.91 Å². The van der Waals surface area contributed by atoms with E-state index in [-0.39, 0.29) is 17.8 Å². The van der Waals surface area contributed by atoms with Crippen LogP contribution in [0, 0.1) is 5.82 Å². The lowest BCUT2D eigenvalue weighted by Gasteiger charge is -2.37. The summed E-state index contributed by atoms with van der Waals surface area (Å²) < 4.78 is 15.1. The van der Waals surface area contributed by atoms with E-state index < -0.39 is 0 Å². The zero-order valence-corrected chi connectivity index (χ0v) is 15.8. The number of carbonyl (C=O) groups excluding carboxylic acids is 1. The maximum absolute atomic E-state index is 13.3. The predicted octanol–water partition coefficient (Wildman–Crippen LogP) is 2.01. The summed E-state index contributed by atoms with van der Waals surface area (Å²) in [5.41, 5.74) is 2.44. The lowest BCUT2D eigenvalue weighted by atomic mass is 10.2. The number of benzene rings is 1. The molecule has 1 N–H and O–H groups in total. The highest BCUT2D eigenvalue weighted by Gasteiger charge is 2.25. The quantitative estimate of drug-likeness (QED) is 0.731. The first-order valence-electron chi connectivity index (χ1n) is 9.39. The van der Waals surface area contributed by atoms with Crippen LogP contribution in [0.2, 0.25) is 0 Å². The van der Waals surface area contributed by atoms with E-state index in [0.717, 1.165) is 43.9 Å². The molecule has 1 fully saturated rings. The van der Waals surface area contributed by atoms with Crippen LogP contribution in [-0.2, 0) is 11.3 Å². The number of carbonyl (C=O) groups is 1. The summed E-state index contributed by atoms with van der Waals surface area (Å²) in [7, 11) is 0. The van der Waals surface area contributed by atoms with Crippen molar-refractivity contribution >= 4 is 17.2 Å². The molecule has 1 aliphatic rings. The number of aromatic nitrogens is 3. The Morgan fingerprint density at radius 3 is 2.86 bits per heavy atom. The first-order valence-corrected chi connectivity index (χ1v) is 9.39. The number of hydrogen-bond acceptors (Lipinski definition) is 5. The van der Waals surface area contributed by atoms with Crippen LogP contribution in [-0.4, -0.2) is 62.5 Å². The maximum atomic E-state index is 13.3. The number of anilines is 1. The molecule has 1 amide bonds. The number of hydrogen-bond donors (Lipinski definition) is 1. The van der Waals surface area contributed by atoms with Crippen molar-refractivity contribution < 1.29 is 9.18 Å². The van der Waals surface area contributed by atoms with Crippen molar-refractivity contribution in [1.29, 1.82) is 0 Å². The number of nitrogens with zero attached hydrogens (tertiary/aromatic N) is 5. The fourth-order valence-corrected chi connectivity index (χ4v) is 3.48. The monoisotopic (exact) mass is 382 g/mol. The third-order valence-electron chi connectivity index (χ3n) is 5.13. The summed E-state index contributed by atoms with van der Waals surface area (Å²) >= 11 is 0. The second kappa shape index (κ2) is 8.04. The fraction of sp³-hybridized carbons (Fsp3) is 0.350. The van der Waals surface area contributed by atoms with Gasteiger partial charge in [0.25, 0.3) is 0 Å². The normalized spacial score (nSPS) is 16.9. The molecule has 0 aliphatic carbocycles. The fourth-order valence-electron chi connectivity index (χ4n) is 3.48. The van der Waals surface area contributed by atoms with Crippen molar-refractivity contribution in [2.75, 3.05) is 31.5 Å². The summed E-state index contributed by atoms with van der Waals surface area (Å²) in [5.74, 6) is -0.478. The van der Waals surface area contributed by atoms with Gasteiger partial charge in [-0.25, -0.2) is 13.9 Å². The Morgan fingerprint density at radius 2 is 2.07 bits per heavy atom. The molecular weight excluding hydrogens is 359 g/mol. The van der Waals surface area contributed by atoms with Crippen LogP contribution in [0.3, 0.4) is 0 Å². The van der Waals surface area contributed by atoms with E-state index in [4.69, 9.17) is 0 Å². The topological polar surface area (TPSA) is 65.8 Å². The van der Waals surface area contributed by atoms with Crippen molar-refractivity contribution in [2.24, 2.45) is 0 Å². The van der Waals surface area contributed by atoms with Crippen molar-refractivity contribution in [3.8, 4) is 0 Å². The highest BCUT2D eigenvalue weighted by atomic mass is 19.1. The summed E-state index contributed by atoms with van der Waals surface area (Å²) in [5, 5.41) is 7.02. The van der Waals surface area contributed by atoms with Crippen LogP contribution in [0.25, 0.3) is 5.65 Å². The molecule has 8 heteroatoms. The van der Waals surface area contributed by atoms with Crippen molar-refractivity contribution in [2.45, 2.75) is 19.5 Å². The number of nitrogens with one attached hydrogen (secondary N) is 1. The van der Waals surface area contributed by atoms with Gasteiger partial charge in [-0.2, -0.15) is 5.10 Å². The Balaban J connectivity index is 1.29. The molecule has 0 saturated carbocycles. The second-order valence-corrected chi connectivity index (χ2v) is 7.08. The number of fused-ring (bicyclic) bond motifs is 1. The van der Waals surface area contributed by atoms with Crippen LogP contribution < -0.4 is 5.32 Å². The van der Waals surface area contributed by atoms with E-state index >= 15 is 0 Å². The minimum absolute atomic E-state index is 0.118. The number of amides is 1. The highest BCUT2D eigenvalue weighted by Crippen LogP contribution is 2.14. The molecule has 1 aliphatic heterocycles. The van der Waals surface area contributed by atoms with E-state index in [1.807, 2.05) is 25.4 Å². The minimum atomic E-state index is -0.359. The van der Waals surface area contributed by atoms with Gasteiger partial charge in [0.1, 0.15) is 5.82 Å². The first kappa shape index (κ1) is 18.5. The zero-order chi connectivity index (χ0) is 19.5. The molecule has 3 aromatic rings. The molecule has 1 atom stereocenters. The van der Waals surface area contributed by atoms with Crippen molar-refractivity contribution in [1.82, 2.24) is 24.4 Å². The van der Waals surface area contributed by atoms with Gasteiger partial charge in [0, 0.05) is 62.4 Å². The van der Waals surface area contributed by atoms with E-state index in [9.17, 15) is 9.18 Å². The summed E-state index contributed by atoms with van der Waals surface area (Å²) in [6, 6.07) is 7.57. The SMILES string of the molecule is CC(C(=O)Nc1cccc(F)c1)N1CCN(Cc2cnc3ccnn3c2)CC1. The minimum Gasteiger partial charge on any atom is -0.325 e. The molecule has 1 unspecified atom stereocenters. The van der Waals surface area contributed by atoms with Gasteiger partial charge in [-0.3, -0.25) is 14.6 Å². The molecule has 0 radical (unpaired) electrons. The average molecular weight is 382 g/mol. The molecule has 1 saturated heterocycles. The van der Waals surface area contributed by atoms with Crippen LogP contribution in [0.1, 0.15) is 12.5 Å². The van der Waals surface area contributed by atoms with Crippen LogP contribution in [0.5, 0.6) is 0 Å². The Bertz CT molecular complexity index is 966. The molecule has 28 heavy (non-hydrogen) atoms. The molecule has 0 bridgehead atoms. The summed E-state index contributed by atoms with van der Waals surface area (Å²) in [6.45, 7) is 6.04. The Labute approximate surface area is 162 Å². The maximum Gasteiger partial charge on any atom is 0.241 e. The van der Waals surface area contributed by atoms with E-state index in [0.29, 0.717) is 5.69 Å². The van der Waals surface area contributed by atoms with Crippen LogP contribution >= 0.6 is 0 Å².